The smallest absolute Gasteiger partial charge is 0.113 e. The largest absolute Gasteiger partial charge is 0.244 e. The zero-order valence-electron chi connectivity index (χ0n) is 8.46. The number of nitrogens with zero attached hydrogens (tertiary/aromatic N) is 1. The lowest BCUT2D eigenvalue weighted by Gasteiger charge is -2.17. The molecular weight excluding hydrogens is 158 g/mol. The molecule has 0 fully saturated rings. The van der Waals surface area contributed by atoms with Crippen LogP contribution in [-0.4, -0.2) is 4.98 Å². The van der Waals surface area contributed by atoms with Gasteiger partial charge in [0, 0.05) is 5.69 Å². The summed E-state index contributed by atoms with van der Waals surface area (Å²) in [7, 11) is 0. The molecule has 1 nitrogen and oxygen atoms in total. The van der Waals surface area contributed by atoms with Gasteiger partial charge in [-0.2, -0.15) is 0 Å². The monoisotopic (exact) mass is 173 g/mol. The first kappa shape index (κ1) is 9.80. The van der Waals surface area contributed by atoms with Crippen molar-refractivity contribution in [1.82, 2.24) is 4.98 Å². The standard InChI is InChI=1S/C12H15N/c1-5-10-7-6-8-11(13-10)9-12(2,3)4/h1,6-8H,9H2,2-4H3. The number of hydrogen-bond acceptors (Lipinski definition) is 1. The summed E-state index contributed by atoms with van der Waals surface area (Å²) in [6.45, 7) is 6.58. The first-order chi connectivity index (χ1) is 6.01. The van der Waals surface area contributed by atoms with Gasteiger partial charge < -0.3 is 0 Å². The van der Waals surface area contributed by atoms with Crippen molar-refractivity contribution in [3.63, 3.8) is 0 Å². The van der Waals surface area contributed by atoms with E-state index in [0.29, 0.717) is 0 Å². The van der Waals surface area contributed by atoms with Crippen molar-refractivity contribution in [2.75, 3.05) is 0 Å². The van der Waals surface area contributed by atoms with Crippen molar-refractivity contribution in [2.45, 2.75) is 27.2 Å². The van der Waals surface area contributed by atoms with E-state index in [4.69, 9.17) is 6.42 Å². The minimum absolute atomic E-state index is 0.264. The third-order valence-electron chi connectivity index (χ3n) is 1.67. The number of hydrogen-bond donors (Lipinski definition) is 0. The van der Waals surface area contributed by atoms with Crippen LogP contribution < -0.4 is 0 Å². The van der Waals surface area contributed by atoms with Crippen LogP contribution in [0.5, 0.6) is 0 Å². The van der Waals surface area contributed by atoms with Gasteiger partial charge in [-0.25, -0.2) is 4.98 Å². The van der Waals surface area contributed by atoms with Crippen molar-refractivity contribution in [2.24, 2.45) is 5.41 Å². The molecule has 1 aromatic heterocycles. The average molecular weight is 173 g/mol. The van der Waals surface area contributed by atoms with Gasteiger partial charge in [0.25, 0.3) is 0 Å². The van der Waals surface area contributed by atoms with Crippen LogP contribution in [0.3, 0.4) is 0 Å². The Balaban J connectivity index is 2.86. The Kier molecular flexibility index (Phi) is 2.72. The van der Waals surface area contributed by atoms with Gasteiger partial charge in [0.2, 0.25) is 0 Å². The fourth-order valence-corrected chi connectivity index (χ4v) is 1.20. The van der Waals surface area contributed by atoms with E-state index >= 15 is 0 Å². The van der Waals surface area contributed by atoms with E-state index in [1.165, 1.54) is 0 Å². The molecule has 0 aliphatic carbocycles. The molecule has 1 heterocycles. The molecular formula is C12H15N. The molecule has 68 valence electrons. The average Bonchev–Trinajstić information content (AvgIpc) is 2.01. The molecule has 0 aromatic carbocycles. The second-order valence-corrected chi connectivity index (χ2v) is 4.40. The van der Waals surface area contributed by atoms with E-state index < -0.39 is 0 Å². The van der Waals surface area contributed by atoms with Gasteiger partial charge in [-0.15, -0.1) is 6.42 Å². The van der Waals surface area contributed by atoms with Gasteiger partial charge in [-0.05, 0) is 24.0 Å². The Morgan fingerprint density at radius 2 is 2.08 bits per heavy atom. The van der Waals surface area contributed by atoms with Crippen molar-refractivity contribution >= 4 is 0 Å². The first-order valence-corrected chi connectivity index (χ1v) is 4.44. The molecule has 0 radical (unpaired) electrons. The lowest BCUT2D eigenvalue weighted by atomic mass is 9.90. The topological polar surface area (TPSA) is 12.9 Å². The summed E-state index contributed by atoms with van der Waals surface area (Å²) in [5, 5.41) is 0. The molecule has 0 atom stereocenters. The first-order valence-electron chi connectivity index (χ1n) is 4.44. The summed E-state index contributed by atoms with van der Waals surface area (Å²) < 4.78 is 0. The van der Waals surface area contributed by atoms with Crippen molar-refractivity contribution < 1.29 is 0 Å². The molecule has 0 bridgehead atoms. The Morgan fingerprint density at radius 1 is 1.38 bits per heavy atom. The summed E-state index contributed by atoms with van der Waals surface area (Å²) in [6, 6.07) is 5.83. The number of aromatic nitrogens is 1. The highest BCUT2D eigenvalue weighted by Crippen LogP contribution is 2.19. The predicted octanol–water partition coefficient (Wildman–Crippen LogP) is 2.65. The van der Waals surface area contributed by atoms with E-state index in [-0.39, 0.29) is 5.41 Å². The molecule has 0 saturated heterocycles. The summed E-state index contributed by atoms with van der Waals surface area (Å²) >= 11 is 0. The summed E-state index contributed by atoms with van der Waals surface area (Å²) in [6.07, 6.45) is 6.23. The highest BCUT2D eigenvalue weighted by atomic mass is 14.7. The normalized spacial score (nSPS) is 10.9. The van der Waals surface area contributed by atoms with Crippen LogP contribution in [0.2, 0.25) is 0 Å². The fourth-order valence-electron chi connectivity index (χ4n) is 1.20. The van der Waals surface area contributed by atoms with Crippen LogP contribution in [0.15, 0.2) is 18.2 Å². The highest BCUT2D eigenvalue weighted by Gasteiger charge is 2.11. The van der Waals surface area contributed by atoms with Crippen molar-refractivity contribution in [3.05, 3.63) is 29.6 Å². The molecule has 0 saturated carbocycles. The van der Waals surface area contributed by atoms with Gasteiger partial charge in [-0.3, -0.25) is 0 Å². The zero-order valence-corrected chi connectivity index (χ0v) is 8.46. The second kappa shape index (κ2) is 3.62. The van der Waals surface area contributed by atoms with Gasteiger partial charge >= 0.3 is 0 Å². The van der Waals surface area contributed by atoms with Gasteiger partial charge in [0.15, 0.2) is 0 Å². The van der Waals surface area contributed by atoms with Crippen molar-refractivity contribution in [3.8, 4) is 12.3 Å². The molecule has 0 unspecified atom stereocenters. The molecule has 1 heteroatoms. The molecule has 0 amide bonds. The molecule has 0 spiro atoms. The number of terminal acetylenes is 1. The molecule has 13 heavy (non-hydrogen) atoms. The third kappa shape index (κ3) is 3.29. The van der Waals surface area contributed by atoms with E-state index in [1.807, 2.05) is 18.2 Å². The maximum atomic E-state index is 5.27. The molecule has 0 aliphatic heterocycles. The maximum absolute atomic E-state index is 5.27. The second-order valence-electron chi connectivity index (χ2n) is 4.40. The minimum atomic E-state index is 0.264. The summed E-state index contributed by atoms with van der Waals surface area (Å²) in [5.74, 6) is 2.54. The predicted molar refractivity (Wildman–Crippen MR) is 55.3 cm³/mol. The number of rotatable bonds is 1. The molecule has 0 N–H and O–H groups in total. The Bertz CT molecular complexity index is 326. The van der Waals surface area contributed by atoms with Crippen LogP contribution in [0, 0.1) is 17.8 Å². The SMILES string of the molecule is C#Cc1cccc(CC(C)(C)C)n1. The maximum Gasteiger partial charge on any atom is 0.113 e. The van der Waals surface area contributed by atoms with E-state index in [1.54, 1.807) is 0 Å². The molecule has 1 aromatic rings. The van der Waals surface area contributed by atoms with Gasteiger partial charge in [-0.1, -0.05) is 32.8 Å². The Morgan fingerprint density at radius 3 is 2.62 bits per heavy atom. The van der Waals surface area contributed by atoms with Gasteiger partial charge in [0.05, 0.1) is 0 Å². The number of pyridine rings is 1. The highest BCUT2D eigenvalue weighted by molar-refractivity contribution is 5.25. The minimum Gasteiger partial charge on any atom is -0.244 e. The quantitative estimate of drug-likeness (QED) is 0.595. The fraction of sp³-hybridized carbons (Fsp3) is 0.417. The lowest BCUT2D eigenvalue weighted by molar-refractivity contribution is 0.406. The summed E-state index contributed by atoms with van der Waals surface area (Å²) in [5.41, 5.74) is 2.06. The third-order valence-corrected chi connectivity index (χ3v) is 1.67. The van der Waals surface area contributed by atoms with E-state index in [0.717, 1.165) is 17.8 Å². The van der Waals surface area contributed by atoms with E-state index in [9.17, 15) is 0 Å². The molecule has 0 aliphatic rings. The van der Waals surface area contributed by atoms with E-state index in [2.05, 4.69) is 31.7 Å². The van der Waals surface area contributed by atoms with Crippen LogP contribution in [0.1, 0.15) is 32.2 Å². The zero-order chi connectivity index (χ0) is 9.90. The lowest BCUT2D eigenvalue weighted by Crippen LogP contribution is -2.10. The van der Waals surface area contributed by atoms with Crippen LogP contribution >= 0.6 is 0 Å². The van der Waals surface area contributed by atoms with Crippen LogP contribution in [0.25, 0.3) is 0 Å². The Hall–Kier alpha value is -1.29. The van der Waals surface area contributed by atoms with Gasteiger partial charge in [0.1, 0.15) is 5.69 Å². The molecule has 1 rings (SSSR count). The van der Waals surface area contributed by atoms with Crippen LogP contribution in [0.4, 0.5) is 0 Å². The summed E-state index contributed by atoms with van der Waals surface area (Å²) in [4.78, 5) is 4.34. The van der Waals surface area contributed by atoms with Crippen LogP contribution in [-0.2, 0) is 6.42 Å². The van der Waals surface area contributed by atoms with Crippen molar-refractivity contribution in [1.29, 1.82) is 0 Å². The Labute approximate surface area is 80.2 Å².